The van der Waals surface area contributed by atoms with Crippen LogP contribution in [0.4, 0.5) is 8.78 Å². The molecular formula is C22H20F2N4O2. The molecule has 0 aliphatic heterocycles. The number of amides is 1. The maximum Gasteiger partial charge on any atom is 0.270 e. The summed E-state index contributed by atoms with van der Waals surface area (Å²) in [5.74, 6) is -1.27. The molecule has 154 valence electrons. The first kappa shape index (κ1) is 19.9. The van der Waals surface area contributed by atoms with Gasteiger partial charge in [-0.15, -0.1) is 0 Å². The van der Waals surface area contributed by atoms with Crippen LogP contribution in [0, 0.1) is 17.6 Å². The number of pyridine rings is 1. The van der Waals surface area contributed by atoms with Crippen LogP contribution in [0.3, 0.4) is 0 Å². The summed E-state index contributed by atoms with van der Waals surface area (Å²) in [7, 11) is 0. The number of carbonyl (C=O) groups excluding carboxylic acids is 1. The molecule has 2 atom stereocenters. The van der Waals surface area contributed by atoms with Crippen LogP contribution in [0.1, 0.15) is 29.8 Å². The van der Waals surface area contributed by atoms with Crippen LogP contribution in [0.25, 0.3) is 11.4 Å². The van der Waals surface area contributed by atoms with Crippen LogP contribution < -0.4 is 10.1 Å². The number of nitrogens with one attached hydrogen (secondary N) is 1. The molecule has 1 amide bonds. The molecule has 30 heavy (non-hydrogen) atoms. The average molecular weight is 410 g/mol. The van der Waals surface area contributed by atoms with Crippen LogP contribution in [0.15, 0.2) is 55.0 Å². The Bertz CT molecular complexity index is 1030. The molecule has 0 radical (unpaired) electrons. The number of aromatic nitrogens is 3. The van der Waals surface area contributed by atoms with Gasteiger partial charge in [0.1, 0.15) is 11.5 Å². The van der Waals surface area contributed by atoms with Gasteiger partial charge in [-0.2, -0.15) is 0 Å². The summed E-state index contributed by atoms with van der Waals surface area (Å²) in [4.78, 5) is 25.6. The second-order valence-electron chi connectivity index (χ2n) is 7.13. The number of hydrogen-bond acceptors (Lipinski definition) is 5. The zero-order valence-electron chi connectivity index (χ0n) is 16.1. The van der Waals surface area contributed by atoms with E-state index < -0.39 is 11.6 Å². The van der Waals surface area contributed by atoms with Crippen molar-refractivity contribution in [2.45, 2.75) is 25.3 Å². The summed E-state index contributed by atoms with van der Waals surface area (Å²) in [6.07, 6.45) is 7.31. The molecule has 6 nitrogen and oxygen atoms in total. The minimum atomic E-state index is -0.741. The average Bonchev–Trinajstić information content (AvgIpc) is 3.20. The van der Waals surface area contributed by atoms with Crippen LogP contribution >= 0.6 is 0 Å². The van der Waals surface area contributed by atoms with Gasteiger partial charge in [0.25, 0.3) is 5.91 Å². The van der Waals surface area contributed by atoms with Gasteiger partial charge < -0.3 is 10.1 Å². The Labute approximate surface area is 172 Å². The van der Waals surface area contributed by atoms with Crippen molar-refractivity contribution in [3.8, 4) is 17.1 Å². The van der Waals surface area contributed by atoms with Crippen molar-refractivity contribution >= 4 is 5.91 Å². The predicted molar refractivity (Wildman–Crippen MR) is 106 cm³/mol. The van der Waals surface area contributed by atoms with E-state index in [-0.39, 0.29) is 35.9 Å². The standard InChI is InChI=1S/C22H20F2N4O2/c23-15-7-8-19(17(24)12-15)30-13-14-4-1-6-18(14)28-22(29)20-16(5-2-9-25-20)21-26-10-3-11-27-21/h2-3,5,7-12,14,18H,1,4,6,13H2,(H,28,29)/t14-,18+/m1/s1. The lowest BCUT2D eigenvalue weighted by Gasteiger charge is -2.21. The highest BCUT2D eigenvalue weighted by Gasteiger charge is 2.30. The fourth-order valence-corrected chi connectivity index (χ4v) is 3.66. The van der Waals surface area contributed by atoms with E-state index in [1.165, 1.54) is 6.07 Å². The smallest absolute Gasteiger partial charge is 0.270 e. The van der Waals surface area contributed by atoms with Gasteiger partial charge in [-0.1, -0.05) is 6.42 Å². The number of halogens is 2. The largest absolute Gasteiger partial charge is 0.490 e. The molecule has 3 aromatic rings. The molecule has 1 aliphatic rings. The van der Waals surface area contributed by atoms with Gasteiger partial charge in [0.2, 0.25) is 0 Å². The van der Waals surface area contributed by atoms with E-state index in [4.69, 9.17) is 4.74 Å². The van der Waals surface area contributed by atoms with E-state index in [0.717, 1.165) is 31.4 Å². The second kappa shape index (κ2) is 8.94. The minimum absolute atomic E-state index is 0.00150. The third kappa shape index (κ3) is 4.42. The monoisotopic (exact) mass is 410 g/mol. The Kier molecular flexibility index (Phi) is 5.92. The van der Waals surface area contributed by atoms with Gasteiger partial charge in [-0.05, 0) is 43.2 Å². The van der Waals surface area contributed by atoms with Gasteiger partial charge in [0.15, 0.2) is 17.4 Å². The molecule has 2 heterocycles. The first-order valence-electron chi connectivity index (χ1n) is 9.73. The highest BCUT2D eigenvalue weighted by molar-refractivity contribution is 5.98. The van der Waals surface area contributed by atoms with Crippen LogP contribution in [0.2, 0.25) is 0 Å². The summed E-state index contributed by atoms with van der Waals surface area (Å²) in [5, 5.41) is 3.02. The van der Waals surface area contributed by atoms with Gasteiger partial charge in [-0.3, -0.25) is 9.78 Å². The molecule has 8 heteroatoms. The summed E-state index contributed by atoms with van der Waals surface area (Å²) in [5.41, 5.74) is 0.801. The summed E-state index contributed by atoms with van der Waals surface area (Å²) < 4.78 is 32.4. The Morgan fingerprint density at radius 1 is 1.07 bits per heavy atom. The molecule has 4 rings (SSSR count). The van der Waals surface area contributed by atoms with Crippen molar-refractivity contribution in [3.63, 3.8) is 0 Å². The zero-order chi connectivity index (χ0) is 20.9. The van der Waals surface area contributed by atoms with Crippen molar-refractivity contribution in [1.29, 1.82) is 0 Å². The van der Waals surface area contributed by atoms with Crippen LogP contribution in [-0.2, 0) is 0 Å². The zero-order valence-corrected chi connectivity index (χ0v) is 16.1. The van der Waals surface area contributed by atoms with Crippen LogP contribution in [0.5, 0.6) is 5.75 Å². The number of nitrogens with zero attached hydrogens (tertiary/aromatic N) is 3. The molecule has 0 unspecified atom stereocenters. The lowest BCUT2D eigenvalue weighted by molar-refractivity contribution is 0.0914. The van der Waals surface area contributed by atoms with E-state index in [2.05, 4.69) is 20.3 Å². The fourth-order valence-electron chi connectivity index (χ4n) is 3.66. The van der Waals surface area contributed by atoms with E-state index in [9.17, 15) is 13.6 Å². The topological polar surface area (TPSA) is 77.0 Å². The molecule has 1 fully saturated rings. The van der Waals surface area contributed by atoms with Crippen molar-refractivity contribution in [3.05, 3.63) is 72.3 Å². The number of hydrogen-bond donors (Lipinski definition) is 1. The lowest BCUT2D eigenvalue weighted by atomic mass is 10.0. The van der Waals surface area contributed by atoms with Gasteiger partial charge in [-0.25, -0.2) is 18.7 Å². The van der Waals surface area contributed by atoms with Crippen molar-refractivity contribution in [2.75, 3.05) is 6.61 Å². The van der Waals surface area contributed by atoms with E-state index in [1.807, 2.05) is 0 Å². The van der Waals surface area contributed by atoms with Crippen LogP contribution in [-0.4, -0.2) is 33.5 Å². The molecule has 1 aromatic carbocycles. The van der Waals surface area contributed by atoms with E-state index >= 15 is 0 Å². The Hall–Kier alpha value is -3.42. The normalized spacial score (nSPS) is 18.2. The molecular weight excluding hydrogens is 390 g/mol. The highest BCUT2D eigenvalue weighted by Crippen LogP contribution is 2.28. The highest BCUT2D eigenvalue weighted by atomic mass is 19.1. The molecule has 0 saturated heterocycles. The molecule has 2 aromatic heterocycles. The number of rotatable bonds is 6. The predicted octanol–water partition coefficient (Wildman–Crippen LogP) is 3.79. The van der Waals surface area contributed by atoms with Crippen molar-refractivity contribution < 1.29 is 18.3 Å². The second-order valence-corrected chi connectivity index (χ2v) is 7.13. The van der Waals surface area contributed by atoms with Crippen molar-refractivity contribution in [2.24, 2.45) is 5.92 Å². The third-order valence-corrected chi connectivity index (χ3v) is 5.15. The summed E-state index contributed by atoms with van der Waals surface area (Å²) in [6.45, 7) is 0.227. The Morgan fingerprint density at radius 3 is 2.67 bits per heavy atom. The third-order valence-electron chi connectivity index (χ3n) is 5.15. The molecule has 1 saturated carbocycles. The SMILES string of the molecule is O=C(N[C@H]1CCC[C@@H]1COc1ccc(F)cc1F)c1ncccc1-c1ncccn1. The fraction of sp³-hybridized carbons (Fsp3) is 0.273. The summed E-state index contributed by atoms with van der Waals surface area (Å²) >= 11 is 0. The molecule has 0 bridgehead atoms. The quantitative estimate of drug-likeness (QED) is 0.669. The van der Waals surface area contributed by atoms with Gasteiger partial charge in [0.05, 0.1) is 12.2 Å². The van der Waals surface area contributed by atoms with E-state index in [1.54, 1.807) is 36.8 Å². The molecule has 0 spiro atoms. The minimum Gasteiger partial charge on any atom is -0.490 e. The Morgan fingerprint density at radius 2 is 1.87 bits per heavy atom. The molecule has 1 N–H and O–H groups in total. The van der Waals surface area contributed by atoms with Gasteiger partial charge >= 0.3 is 0 Å². The number of benzene rings is 1. The lowest BCUT2D eigenvalue weighted by Crippen LogP contribution is -2.40. The maximum absolute atomic E-state index is 13.8. The Balaban J connectivity index is 1.44. The van der Waals surface area contributed by atoms with Gasteiger partial charge in [0, 0.05) is 36.6 Å². The summed E-state index contributed by atoms with van der Waals surface area (Å²) in [6, 6.07) is 8.26. The van der Waals surface area contributed by atoms with E-state index in [0.29, 0.717) is 11.4 Å². The molecule has 1 aliphatic carbocycles. The van der Waals surface area contributed by atoms with Crippen molar-refractivity contribution in [1.82, 2.24) is 20.3 Å². The maximum atomic E-state index is 13.8. The first-order chi connectivity index (χ1) is 14.6. The number of ether oxygens (including phenoxy) is 1. The number of carbonyl (C=O) groups is 1. The first-order valence-corrected chi connectivity index (χ1v) is 9.73.